The van der Waals surface area contributed by atoms with E-state index < -0.39 is 0 Å². The Kier molecular flexibility index (Phi) is 5.15. The second-order valence-electron chi connectivity index (χ2n) is 5.79. The summed E-state index contributed by atoms with van der Waals surface area (Å²) < 4.78 is 3.32. The fourth-order valence-electron chi connectivity index (χ4n) is 2.77. The predicted octanol–water partition coefficient (Wildman–Crippen LogP) is 2.80. The average Bonchev–Trinajstić information content (AvgIpc) is 3.06. The molecule has 2 heterocycles. The highest BCUT2D eigenvalue weighted by atomic mass is 35.5. The van der Waals surface area contributed by atoms with E-state index in [0.717, 1.165) is 32.2 Å². The molecule has 2 aromatic heterocycles. The van der Waals surface area contributed by atoms with Crippen LogP contribution in [0.15, 0.2) is 46.5 Å². The molecule has 3 aromatic rings. The monoisotopic (exact) mass is 346 g/mol. The fourth-order valence-corrected chi connectivity index (χ4v) is 2.94. The summed E-state index contributed by atoms with van der Waals surface area (Å²) in [7, 11) is 0. The number of H-pyrrole nitrogens is 1. The molecule has 0 atom stereocenters. The molecule has 0 saturated heterocycles. The topological polar surface area (TPSA) is 72.7 Å². The molecule has 0 saturated carbocycles. The third-order valence-corrected chi connectivity index (χ3v) is 4.29. The van der Waals surface area contributed by atoms with Crippen molar-refractivity contribution >= 4 is 22.5 Å². The third-order valence-electron chi connectivity index (χ3n) is 4.05. The van der Waals surface area contributed by atoms with Gasteiger partial charge in [0.05, 0.1) is 17.2 Å². The van der Waals surface area contributed by atoms with Crippen LogP contribution in [0.25, 0.3) is 10.9 Å². The van der Waals surface area contributed by atoms with Crippen molar-refractivity contribution in [3.05, 3.63) is 62.8 Å². The lowest BCUT2D eigenvalue weighted by Gasteiger charge is -2.07. The molecule has 0 bridgehead atoms. The van der Waals surface area contributed by atoms with Crippen LogP contribution in [0.1, 0.15) is 25.7 Å². The summed E-state index contributed by atoms with van der Waals surface area (Å²) in [4.78, 5) is 31.2. The molecule has 0 aliphatic heterocycles. The number of unbranched alkanes of at least 4 members (excludes halogenated alkanes) is 3. The van der Waals surface area contributed by atoms with Crippen molar-refractivity contribution in [3.63, 3.8) is 0 Å². The van der Waals surface area contributed by atoms with Gasteiger partial charge in [-0.3, -0.25) is 9.36 Å². The summed E-state index contributed by atoms with van der Waals surface area (Å²) in [5, 5.41) is 0.979. The molecule has 3 rings (SSSR count). The number of imidazole rings is 1. The van der Waals surface area contributed by atoms with Crippen molar-refractivity contribution in [3.8, 4) is 0 Å². The van der Waals surface area contributed by atoms with E-state index in [1.165, 1.54) is 4.57 Å². The van der Waals surface area contributed by atoms with Gasteiger partial charge in [0.1, 0.15) is 0 Å². The predicted molar refractivity (Wildman–Crippen MR) is 94.5 cm³/mol. The minimum atomic E-state index is -0.381. The smallest absolute Gasteiger partial charge is 0.328 e. The molecule has 1 N–H and O–H groups in total. The molecule has 126 valence electrons. The van der Waals surface area contributed by atoms with Crippen LogP contribution >= 0.6 is 11.6 Å². The van der Waals surface area contributed by atoms with Gasteiger partial charge in [-0.2, -0.15) is 0 Å². The maximum Gasteiger partial charge on any atom is 0.328 e. The van der Waals surface area contributed by atoms with E-state index >= 15 is 0 Å². The first-order chi connectivity index (χ1) is 11.6. The van der Waals surface area contributed by atoms with E-state index in [-0.39, 0.29) is 11.2 Å². The van der Waals surface area contributed by atoms with Crippen LogP contribution in [0.5, 0.6) is 0 Å². The summed E-state index contributed by atoms with van der Waals surface area (Å²) in [6.45, 7) is 1.37. The lowest BCUT2D eigenvalue weighted by atomic mass is 10.2. The fraction of sp³-hybridized carbons (Fsp3) is 0.353. The van der Waals surface area contributed by atoms with Gasteiger partial charge in [0.15, 0.2) is 0 Å². The van der Waals surface area contributed by atoms with Gasteiger partial charge in [-0.15, -0.1) is 0 Å². The molecule has 6 nitrogen and oxygen atoms in total. The van der Waals surface area contributed by atoms with Crippen LogP contribution in [0.3, 0.4) is 0 Å². The Hall–Kier alpha value is -2.34. The zero-order valence-electron chi connectivity index (χ0n) is 13.2. The Labute approximate surface area is 143 Å². The van der Waals surface area contributed by atoms with E-state index in [9.17, 15) is 9.59 Å². The van der Waals surface area contributed by atoms with Crippen molar-refractivity contribution in [2.45, 2.75) is 38.8 Å². The molecule has 24 heavy (non-hydrogen) atoms. The Morgan fingerprint density at radius 2 is 1.88 bits per heavy atom. The maximum absolute atomic E-state index is 12.4. The van der Waals surface area contributed by atoms with Crippen LogP contribution in [-0.4, -0.2) is 19.1 Å². The first-order valence-electron chi connectivity index (χ1n) is 8.03. The maximum atomic E-state index is 12.4. The largest absolute Gasteiger partial charge is 0.337 e. The molecule has 0 amide bonds. The highest BCUT2D eigenvalue weighted by Gasteiger charge is 2.07. The second kappa shape index (κ2) is 7.49. The van der Waals surface area contributed by atoms with Gasteiger partial charge in [-0.1, -0.05) is 24.4 Å². The van der Waals surface area contributed by atoms with Gasteiger partial charge >= 0.3 is 5.69 Å². The van der Waals surface area contributed by atoms with E-state index in [0.29, 0.717) is 22.5 Å². The first-order valence-corrected chi connectivity index (χ1v) is 8.41. The molecular weight excluding hydrogens is 328 g/mol. The molecular formula is C17H19ClN4O2. The standard InChI is InChI=1S/C17H19ClN4O2/c18-13-5-6-14-15(11-13)20-17(24)22(16(14)23)9-4-2-1-3-8-21-10-7-19-12-21/h5-7,10-12H,1-4,8-9H2,(H,20,24). The van der Waals surface area contributed by atoms with Crippen molar-refractivity contribution in [1.82, 2.24) is 19.1 Å². The van der Waals surface area contributed by atoms with Gasteiger partial charge in [0.25, 0.3) is 5.56 Å². The molecule has 0 radical (unpaired) electrons. The summed E-state index contributed by atoms with van der Waals surface area (Å²) in [6, 6.07) is 4.90. The minimum Gasteiger partial charge on any atom is -0.337 e. The number of rotatable bonds is 7. The van der Waals surface area contributed by atoms with Crippen LogP contribution < -0.4 is 11.2 Å². The minimum absolute atomic E-state index is 0.260. The number of benzene rings is 1. The quantitative estimate of drug-likeness (QED) is 0.668. The normalized spacial score (nSPS) is 11.2. The van der Waals surface area contributed by atoms with Gasteiger partial charge < -0.3 is 9.55 Å². The van der Waals surface area contributed by atoms with Gasteiger partial charge in [0, 0.05) is 30.5 Å². The van der Waals surface area contributed by atoms with E-state index in [4.69, 9.17) is 11.6 Å². The van der Waals surface area contributed by atoms with Crippen LogP contribution in [0.2, 0.25) is 5.02 Å². The zero-order chi connectivity index (χ0) is 16.9. The second-order valence-corrected chi connectivity index (χ2v) is 6.23. The molecule has 0 aliphatic rings. The highest BCUT2D eigenvalue weighted by molar-refractivity contribution is 6.31. The van der Waals surface area contributed by atoms with E-state index in [1.807, 2.05) is 10.8 Å². The van der Waals surface area contributed by atoms with Crippen LogP contribution in [0.4, 0.5) is 0 Å². The Balaban J connectivity index is 1.58. The number of hydrogen-bond acceptors (Lipinski definition) is 3. The number of aryl methyl sites for hydroxylation is 1. The molecule has 1 aromatic carbocycles. The zero-order valence-corrected chi connectivity index (χ0v) is 14.0. The summed E-state index contributed by atoms with van der Waals surface area (Å²) in [5.41, 5.74) is -0.161. The molecule has 0 unspecified atom stereocenters. The van der Waals surface area contributed by atoms with E-state index in [1.54, 1.807) is 30.7 Å². The lowest BCUT2D eigenvalue weighted by molar-refractivity contribution is 0.525. The van der Waals surface area contributed by atoms with Crippen molar-refractivity contribution in [1.29, 1.82) is 0 Å². The number of nitrogens with zero attached hydrogens (tertiary/aromatic N) is 3. The number of halogens is 1. The number of fused-ring (bicyclic) bond motifs is 1. The Morgan fingerprint density at radius 3 is 2.62 bits per heavy atom. The van der Waals surface area contributed by atoms with Crippen molar-refractivity contribution in [2.24, 2.45) is 0 Å². The highest BCUT2D eigenvalue weighted by Crippen LogP contribution is 2.13. The van der Waals surface area contributed by atoms with Crippen LogP contribution in [-0.2, 0) is 13.1 Å². The number of nitrogens with one attached hydrogen (secondary N) is 1. The molecule has 0 fully saturated rings. The lowest BCUT2D eigenvalue weighted by Crippen LogP contribution is -2.35. The Bertz CT molecular complexity index is 928. The average molecular weight is 347 g/mol. The van der Waals surface area contributed by atoms with Gasteiger partial charge in [-0.25, -0.2) is 9.78 Å². The molecule has 7 heteroatoms. The van der Waals surface area contributed by atoms with Gasteiger partial charge in [-0.05, 0) is 31.0 Å². The summed E-state index contributed by atoms with van der Waals surface area (Å²) in [5.74, 6) is 0. The molecule has 0 spiro atoms. The first kappa shape index (κ1) is 16.5. The summed E-state index contributed by atoms with van der Waals surface area (Å²) in [6.07, 6.45) is 9.39. The van der Waals surface area contributed by atoms with Gasteiger partial charge in [0.2, 0.25) is 0 Å². The third kappa shape index (κ3) is 3.76. The number of aromatic nitrogens is 4. The Morgan fingerprint density at radius 1 is 1.08 bits per heavy atom. The van der Waals surface area contributed by atoms with Crippen molar-refractivity contribution < 1.29 is 0 Å². The number of hydrogen-bond donors (Lipinski definition) is 1. The SMILES string of the molecule is O=c1[nH]c2cc(Cl)ccc2c(=O)n1CCCCCCn1ccnc1. The molecule has 0 aliphatic carbocycles. The van der Waals surface area contributed by atoms with Crippen LogP contribution in [0, 0.1) is 0 Å². The van der Waals surface area contributed by atoms with Crippen molar-refractivity contribution in [2.75, 3.05) is 0 Å². The summed E-state index contributed by atoms with van der Waals surface area (Å²) >= 11 is 5.90. The number of aromatic amines is 1. The van der Waals surface area contributed by atoms with E-state index in [2.05, 4.69) is 9.97 Å².